The van der Waals surface area contributed by atoms with Crippen LogP contribution in [0.4, 0.5) is 0 Å². The number of hydrogen-bond donors (Lipinski definition) is 2. The molecular weight excluding hydrogens is 316 g/mol. The third-order valence-corrected chi connectivity index (χ3v) is 3.81. The molecule has 2 aromatic rings. The number of nitrogens with one attached hydrogen (secondary N) is 2. The summed E-state index contributed by atoms with van der Waals surface area (Å²) in [7, 11) is 0. The number of hydrogen-bond acceptors (Lipinski definition) is 3. The first-order valence-corrected chi connectivity index (χ1v) is 8.40. The van der Waals surface area contributed by atoms with E-state index >= 15 is 0 Å². The van der Waals surface area contributed by atoms with Gasteiger partial charge in [-0.2, -0.15) is 0 Å². The highest BCUT2D eigenvalue weighted by molar-refractivity contribution is 5.97. The Morgan fingerprint density at radius 1 is 1.00 bits per heavy atom. The van der Waals surface area contributed by atoms with E-state index in [1.54, 1.807) is 31.2 Å². The molecule has 0 aromatic heterocycles. The summed E-state index contributed by atoms with van der Waals surface area (Å²) >= 11 is 0. The fraction of sp³-hybridized carbons (Fsp3) is 0.300. The van der Waals surface area contributed by atoms with Gasteiger partial charge in [0.2, 0.25) is 5.91 Å². The number of amides is 2. The van der Waals surface area contributed by atoms with Gasteiger partial charge in [-0.25, -0.2) is 0 Å². The second-order valence-corrected chi connectivity index (χ2v) is 5.68. The summed E-state index contributed by atoms with van der Waals surface area (Å²) in [6.07, 6.45) is 0. The molecule has 0 spiro atoms. The molecule has 5 nitrogen and oxygen atoms in total. The third-order valence-electron chi connectivity index (χ3n) is 3.81. The first-order valence-electron chi connectivity index (χ1n) is 8.40. The van der Waals surface area contributed by atoms with E-state index in [-0.39, 0.29) is 11.8 Å². The average Bonchev–Trinajstić information content (AvgIpc) is 2.65. The van der Waals surface area contributed by atoms with Crippen LogP contribution in [0.15, 0.2) is 54.6 Å². The molecule has 0 saturated carbocycles. The fourth-order valence-electron chi connectivity index (χ4n) is 2.35. The van der Waals surface area contributed by atoms with Crippen molar-refractivity contribution in [2.45, 2.75) is 33.0 Å². The minimum atomic E-state index is -0.619. The van der Waals surface area contributed by atoms with Gasteiger partial charge in [0.25, 0.3) is 5.91 Å². The molecule has 1 atom stereocenters. The smallest absolute Gasteiger partial charge is 0.251 e. The van der Waals surface area contributed by atoms with Crippen molar-refractivity contribution in [2.24, 2.45) is 0 Å². The van der Waals surface area contributed by atoms with Crippen LogP contribution in [0.1, 0.15) is 35.3 Å². The molecule has 0 radical (unpaired) electrons. The van der Waals surface area contributed by atoms with Crippen LogP contribution >= 0.6 is 0 Å². The Kier molecular flexibility index (Phi) is 7.16. The van der Waals surface area contributed by atoms with Crippen LogP contribution in [0.5, 0.6) is 0 Å². The zero-order valence-electron chi connectivity index (χ0n) is 14.6. The maximum atomic E-state index is 12.3. The minimum absolute atomic E-state index is 0.226. The Hall–Kier alpha value is -2.66. The zero-order valence-corrected chi connectivity index (χ0v) is 14.6. The molecule has 0 aliphatic heterocycles. The molecule has 0 heterocycles. The minimum Gasteiger partial charge on any atom is -0.377 e. The predicted molar refractivity (Wildman–Crippen MR) is 97.0 cm³/mol. The summed E-state index contributed by atoms with van der Waals surface area (Å²) in [5.74, 6) is -0.490. The number of ether oxygens (including phenoxy) is 1. The lowest BCUT2D eigenvalue weighted by Gasteiger charge is -2.15. The Morgan fingerprint density at radius 3 is 2.32 bits per heavy atom. The van der Waals surface area contributed by atoms with E-state index in [1.807, 2.05) is 37.3 Å². The monoisotopic (exact) mass is 340 g/mol. The molecule has 25 heavy (non-hydrogen) atoms. The van der Waals surface area contributed by atoms with E-state index in [1.165, 1.54) is 0 Å². The molecule has 0 aliphatic rings. The van der Waals surface area contributed by atoms with Gasteiger partial charge >= 0.3 is 0 Å². The SMILES string of the molecule is CCOCc1ccccc1CNC(=O)C(C)NC(=O)c1ccccc1. The predicted octanol–water partition coefficient (Wildman–Crippen LogP) is 2.66. The van der Waals surface area contributed by atoms with Crippen molar-refractivity contribution >= 4 is 11.8 Å². The van der Waals surface area contributed by atoms with Gasteiger partial charge in [-0.3, -0.25) is 9.59 Å². The molecule has 5 heteroatoms. The fourth-order valence-corrected chi connectivity index (χ4v) is 2.35. The topological polar surface area (TPSA) is 67.4 Å². The van der Waals surface area contributed by atoms with Crippen LogP contribution < -0.4 is 10.6 Å². The second-order valence-electron chi connectivity index (χ2n) is 5.68. The van der Waals surface area contributed by atoms with Crippen LogP contribution in [0.3, 0.4) is 0 Å². The van der Waals surface area contributed by atoms with E-state index in [0.29, 0.717) is 25.3 Å². The van der Waals surface area contributed by atoms with E-state index in [2.05, 4.69) is 10.6 Å². The summed E-state index contributed by atoms with van der Waals surface area (Å²) in [6.45, 7) is 5.17. The average molecular weight is 340 g/mol. The van der Waals surface area contributed by atoms with Gasteiger partial charge < -0.3 is 15.4 Å². The maximum absolute atomic E-state index is 12.3. The highest BCUT2D eigenvalue weighted by Crippen LogP contribution is 2.10. The number of carbonyl (C=O) groups is 2. The van der Waals surface area contributed by atoms with Crippen molar-refractivity contribution in [1.29, 1.82) is 0 Å². The Balaban J connectivity index is 1.88. The lowest BCUT2D eigenvalue weighted by Crippen LogP contribution is -2.44. The van der Waals surface area contributed by atoms with Crippen LogP contribution in [-0.2, 0) is 22.7 Å². The van der Waals surface area contributed by atoms with Crippen LogP contribution in [-0.4, -0.2) is 24.5 Å². The van der Waals surface area contributed by atoms with Gasteiger partial charge in [0.1, 0.15) is 6.04 Å². The van der Waals surface area contributed by atoms with Gasteiger partial charge in [0.15, 0.2) is 0 Å². The summed E-state index contributed by atoms with van der Waals surface area (Å²) in [4.78, 5) is 24.3. The molecule has 132 valence electrons. The second kappa shape index (κ2) is 9.59. The van der Waals surface area contributed by atoms with E-state index < -0.39 is 6.04 Å². The molecule has 0 saturated heterocycles. The third kappa shape index (κ3) is 5.72. The molecule has 0 aliphatic carbocycles. The van der Waals surface area contributed by atoms with Crippen molar-refractivity contribution in [1.82, 2.24) is 10.6 Å². The zero-order chi connectivity index (χ0) is 18.1. The lowest BCUT2D eigenvalue weighted by atomic mass is 10.1. The first-order chi connectivity index (χ1) is 12.1. The van der Waals surface area contributed by atoms with E-state index in [9.17, 15) is 9.59 Å². The highest BCUT2D eigenvalue weighted by atomic mass is 16.5. The Morgan fingerprint density at radius 2 is 1.64 bits per heavy atom. The maximum Gasteiger partial charge on any atom is 0.251 e. The summed E-state index contributed by atoms with van der Waals surface area (Å²) in [5.41, 5.74) is 2.58. The van der Waals surface area contributed by atoms with Gasteiger partial charge in [-0.05, 0) is 37.1 Å². The Labute approximate surface area is 148 Å². The summed E-state index contributed by atoms with van der Waals surface area (Å²) in [6, 6.07) is 16.0. The first kappa shape index (κ1) is 18.7. The van der Waals surface area contributed by atoms with Crippen LogP contribution in [0.25, 0.3) is 0 Å². The summed E-state index contributed by atoms with van der Waals surface area (Å²) in [5, 5.41) is 5.57. The van der Waals surface area contributed by atoms with Gasteiger partial charge in [-0.15, -0.1) is 0 Å². The standard InChI is InChI=1S/C20H24N2O3/c1-3-25-14-18-12-8-7-11-17(18)13-21-19(23)15(2)22-20(24)16-9-5-4-6-10-16/h4-12,15H,3,13-14H2,1-2H3,(H,21,23)(H,22,24). The van der Waals surface area contributed by atoms with E-state index in [4.69, 9.17) is 4.74 Å². The van der Waals surface area contributed by atoms with Crippen LogP contribution in [0, 0.1) is 0 Å². The number of carbonyl (C=O) groups excluding carboxylic acids is 2. The van der Waals surface area contributed by atoms with E-state index in [0.717, 1.165) is 11.1 Å². The van der Waals surface area contributed by atoms with Crippen molar-refractivity contribution in [2.75, 3.05) is 6.61 Å². The molecule has 0 fully saturated rings. The molecule has 2 aromatic carbocycles. The quantitative estimate of drug-likeness (QED) is 0.776. The highest BCUT2D eigenvalue weighted by Gasteiger charge is 2.16. The van der Waals surface area contributed by atoms with Crippen molar-refractivity contribution < 1.29 is 14.3 Å². The summed E-state index contributed by atoms with van der Waals surface area (Å²) < 4.78 is 5.45. The van der Waals surface area contributed by atoms with Gasteiger partial charge in [0.05, 0.1) is 6.61 Å². The van der Waals surface area contributed by atoms with Crippen molar-refractivity contribution in [3.05, 3.63) is 71.3 Å². The normalized spacial score (nSPS) is 11.6. The molecule has 1 unspecified atom stereocenters. The molecular formula is C20H24N2O3. The molecule has 2 amide bonds. The Bertz CT molecular complexity index is 701. The molecule has 0 bridgehead atoms. The molecule has 2 N–H and O–H groups in total. The van der Waals surface area contributed by atoms with Gasteiger partial charge in [0, 0.05) is 18.7 Å². The van der Waals surface area contributed by atoms with Crippen molar-refractivity contribution in [3.8, 4) is 0 Å². The molecule has 2 rings (SSSR count). The largest absolute Gasteiger partial charge is 0.377 e. The number of rotatable bonds is 8. The van der Waals surface area contributed by atoms with Crippen molar-refractivity contribution in [3.63, 3.8) is 0 Å². The van der Waals surface area contributed by atoms with Crippen LogP contribution in [0.2, 0.25) is 0 Å². The lowest BCUT2D eigenvalue weighted by molar-refractivity contribution is -0.122. The number of benzene rings is 2. The van der Waals surface area contributed by atoms with Gasteiger partial charge in [-0.1, -0.05) is 42.5 Å².